The second kappa shape index (κ2) is 6.81. The fourth-order valence-electron chi connectivity index (χ4n) is 2.19. The molecule has 110 valence electrons. The summed E-state index contributed by atoms with van der Waals surface area (Å²) in [6, 6.07) is 8.15. The molecule has 0 bridgehead atoms. The molecule has 1 atom stereocenters. The van der Waals surface area contributed by atoms with Crippen molar-refractivity contribution in [3.63, 3.8) is 0 Å². The molecule has 3 rings (SSSR count). The van der Waals surface area contributed by atoms with E-state index in [1.165, 1.54) is 28.0 Å². The predicted octanol–water partition coefficient (Wildman–Crippen LogP) is 3.55. The summed E-state index contributed by atoms with van der Waals surface area (Å²) >= 11 is 4.78. The molecule has 7 heteroatoms. The van der Waals surface area contributed by atoms with E-state index in [9.17, 15) is 4.79 Å². The highest BCUT2D eigenvalue weighted by Crippen LogP contribution is 2.35. The van der Waals surface area contributed by atoms with Gasteiger partial charge in [-0.05, 0) is 31.2 Å². The third kappa shape index (κ3) is 3.41. The number of fused-ring (bicyclic) bond motifs is 1. The number of hydrogen-bond donors (Lipinski definition) is 0. The van der Waals surface area contributed by atoms with E-state index in [0.29, 0.717) is 0 Å². The van der Waals surface area contributed by atoms with Crippen LogP contribution in [0.3, 0.4) is 0 Å². The first-order valence-electron chi connectivity index (χ1n) is 6.72. The van der Waals surface area contributed by atoms with Gasteiger partial charge >= 0.3 is 0 Å². The van der Waals surface area contributed by atoms with Crippen LogP contribution in [0.4, 0.5) is 5.69 Å². The van der Waals surface area contributed by atoms with Crippen molar-refractivity contribution in [2.75, 3.05) is 17.2 Å². The second-order valence-corrected chi connectivity index (χ2v) is 8.18. The zero-order valence-corrected chi connectivity index (χ0v) is 14.0. The lowest BCUT2D eigenvalue weighted by molar-refractivity contribution is -0.117. The molecule has 2 heterocycles. The molecule has 2 aromatic rings. The highest BCUT2D eigenvalue weighted by molar-refractivity contribution is 8.02. The molecule has 1 amide bonds. The lowest BCUT2D eigenvalue weighted by atomic mass is 10.2. The van der Waals surface area contributed by atoms with E-state index >= 15 is 0 Å². The Hall–Kier alpha value is -1.05. The normalized spacial score (nSPS) is 16.1. The van der Waals surface area contributed by atoms with Crippen LogP contribution < -0.4 is 4.90 Å². The highest BCUT2D eigenvalue weighted by Gasteiger charge is 2.26. The average molecular weight is 337 g/mol. The van der Waals surface area contributed by atoms with Crippen molar-refractivity contribution in [2.45, 2.75) is 27.8 Å². The summed E-state index contributed by atoms with van der Waals surface area (Å²) < 4.78 is 0.841. The van der Waals surface area contributed by atoms with Crippen molar-refractivity contribution in [3.8, 4) is 0 Å². The van der Waals surface area contributed by atoms with Crippen LogP contribution in [0.2, 0.25) is 0 Å². The van der Waals surface area contributed by atoms with Crippen LogP contribution >= 0.6 is 34.9 Å². The molecule has 0 fully saturated rings. The maximum Gasteiger partial charge on any atom is 0.240 e. The Kier molecular flexibility index (Phi) is 4.82. The van der Waals surface area contributed by atoms with E-state index in [1.54, 1.807) is 5.51 Å². The van der Waals surface area contributed by atoms with E-state index < -0.39 is 0 Å². The minimum absolute atomic E-state index is 0.144. The number of nitrogens with zero attached hydrogens (tertiary/aromatic N) is 3. The number of anilines is 1. The molecule has 1 aromatic heterocycles. The van der Waals surface area contributed by atoms with Gasteiger partial charge in [0.25, 0.3) is 0 Å². The van der Waals surface area contributed by atoms with Crippen molar-refractivity contribution >= 4 is 46.5 Å². The SMILES string of the molecule is CC(Sc1nncs1)C(=O)N1CCCSc2ccccc21. The Morgan fingerprint density at radius 3 is 3.10 bits per heavy atom. The summed E-state index contributed by atoms with van der Waals surface area (Å²) in [6.45, 7) is 2.72. The van der Waals surface area contributed by atoms with Gasteiger partial charge in [-0.15, -0.1) is 22.0 Å². The number of carbonyl (C=O) groups is 1. The number of hydrogen-bond acceptors (Lipinski definition) is 6. The summed E-state index contributed by atoms with van der Waals surface area (Å²) in [6.07, 6.45) is 1.02. The Morgan fingerprint density at radius 2 is 2.29 bits per heavy atom. The van der Waals surface area contributed by atoms with Gasteiger partial charge in [-0.25, -0.2) is 0 Å². The van der Waals surface area contributed by atoms with Crippen LogP contribution in [0.25, 0.3) is 0 Å². The van der Waals surface area contributed by atoms with Crippen LogP contribution in [0.1, 0.15) is 13.3 Å². The summed E-state index contributed by atoms with van der Waals surface area (Å²) in [4.78, 5) is 15.9. The van der Waals surface area contributed by atoms with Crippen LogP contribution in [-0.4, -0.2) is 33.7 Å². The van der Waals surface area contributed by atoms with Gasteiger partial charge in [0.05, 0.1) is 10.9 Å². The number of rotatable bonds is 3. The van der Waals surface area contributed by atoms with E-state index in [2.05, 4.69) is 16.3 Å². The summed E-state index contributed by atoms with van der Waals surface area (Å²) in [5.41, 5.74) is 2.73. The summed E-state index contributed by atoms with van der Waals surface area (Å²) in [5.74, 6) is 1.20. The van der Waals surface area contributed by atoms with Gasteiger partial charge in [0.2, 0.25) is 5.91 Å². The standard InChI is InChI=1S/C14H15N3OS3/c1-10(21-14-16-15-9-20-14)13(18)17-7-4-8-19-12-6-3-2-5-11(12)17/h2-3,5-6,9-10H,4,7-8H2,1H3. The molecule has 0 saturated heterocycles. The maximum absolute atomic E-state index is 12.8. The van der Waals surface area contributed by atoms with Gasteiger partial charge in [-0.1, -0.05) is 35.2 Å². The number of aromatic nitrogens is 2. The van der Waals surface area contributed by atoms with Gasteiger partial charge in [0, 0.05) is 11.4 Å². The molecular formula is C14H15N3OS3. The molecule has 0 spiro atoms. The van der Waals surface area contributed by atoms with Crippen LogP contribution in [0.15, 0.2) is 39.0 Å². The number of para-hydroxylation sites is 1. The van der Waals surface area contributed by atoms with Crippen molar-refractivity contribution < 1.29 is 4.79 Å². The van der Waals surface area contributed by atoms with Crippen molar-refractivity contribution in [1.82, 2.24) is 10.2 Å². The smallest absolute Gasteiger partial charge is 0.240 e. The van der Waals surface area contributed by atoms with Crippen LogP contribution in [0, 0.1) is 0 Å². The third-order valence-electron chi connectivity index (χ3n) is 3.17. The largest absolute Gasteiger partial charge is 0.310 e. The minimum atomic E-state index is -0.158. The first-order valence-corrected chi connectivity index (χ1v) is 9.46. The molecule has 0 N–H and O–H groups in total. The minimum Gasteiger partial charge on any atom is -0.310 e. The Morgan fingerprint density at radius 1 is 1.43 bits per heavy atom. The molecule has 4 nitrogen and oxygen atoms in total. The molecule has 0 aliphatic carbocycles. The number of amides is 1. The molecule has 1 aliphatic heterocycles. The van der Waals surface area contributed by atoms with Crippen LogP contribution in [-0.2, 0) is 4.79 Å². The average Bonchev–Trinajstić information content (AvgIpc) is 2.91. The predicted molar refractivity (Wildman–Crippen MR) is 89.4 cm³/mol. The monoisotopic (exact) mass is 337 g/mol. The number of thioether (sulfide) groups is 2. The second-order valence-electron chi connectivity index (χ2n) is 4.62. The van der Waals surface area contributed by atoms with E-state index in [0.717, 1.165) is 28.7 Å². The molecule has 1 aromatic carbocycles. The van der Waals surface area contributed by atoms with Gasteiger partial charge in [0.15, 0.2) is 4.34 Å². The molecular weight excluding hydrogens is 322 g/mol. The van der Waals surface area contributed by atoms with E-state index in [1.807, 2.05) is 41.8 Å². The molecule has 0 radical (unpaired) electrons. The van der Waals surface area contributed by atoms with Crippen LogP contribution in [0.5, 0.6) is 0 Å². The third-order valence-corrected chi connectivity index (χ3v) is 6.22. The van der Waals surface area contributed by atoms with Gasteiger partial charge in [0.1, 0.15) is 5.51 Å². The molecule has 21 heavy (non-hydrogen) atoms. The van der Waals surface area contributed by atoms with E-state index in [4.69, 9.17) is 0 Å². The van der Waals surface area contributed by atoms with Gasteiger partial charge in [-0.3, -0.25) is 4.79 Å². The van der Waals surface area contributed by atoms with Crippen molar-refractivity contribution in [2.24, 2.45) is 0 Å². The maximum atomic E-state index is 12.8. The Labute approximate surface area is 136 Å². The zero-order valence-electron chi connectivity index (χ0n) is 11.6. The summed E-state index contributed by atoms with van der Waals surface area (Å²) in [7, 11) is 0. The summed E-state index contributed by atoms with van der Waals surface area (Å²) in [5, 5.41) is 7.66. The van der Waals surface area contributed by atoms with Crippen molar-refractivity contribution in [1.29, 1.82) is 0 Å². The number of benzene rings is 1. The highest BCUT2D eigenvalue weighted by atomic mass is 32.2. The first kappa shape index (κ1) is 14.9. The molecule has 1 unspecified atom stereocenters. The topological polar surface area (TPSA) is 46.1 Å². The van der Waals surface area contributed by atoms with E-state index in [-0.39, 0.29) is 11.2 Å². The Bertz CT molecular complexity index is 618. The Balaban J connectivity index is 1.80. The lowest BCUT2D eigenvalue weighted by Crippen LogP contribution is -2.37. The molecule has 0 saturated carbocycles. The fourth-order valence-corrected chi connectivity index (χ4v) is 4.87. The number of carbonyl (C=O) groups excluding carboxylic acids is 1. The van der Waals surface area contributed by atoms with Gasteiger partial charge < -0.3 is 4.90 Å². The van der Waals surface area contributed by atoms with Gasteiger partial charge in [-0.2, -0.15) is 0 Å². The first-order chi connectivity index (χ1) is 10.3. The lowest BCUT2D eigenvalue weighted by Gasteiger charge is -2.25. The van der Waals surface area contributed by atoms with Crippen molar-refractivity contribution in [3.05, 3.63) is 29.8 Å². The fraction of sp³-hybridized carbons (Fsp3) is 0.357. The molecule has 1 aliphatic rings. The quantitative estimate of drug-likeness (QED) is 0.802. The zero-order chi connectivity index (χ0) is 14.7.